The number of hydrazone groups is 1. The van der Waals surface area contributed by atoms with E-state index < -0.39 is 0 Å². The molecule has 0 saturated carbocycles. The Hall–Kier alpha value is -2.01. The number of hydrogen-bond acceptors (Lipinski definition) is 2. The number of halogens is 2. The van der Waals surface area contributed by atoms with Gasteiger partial charge in [-0.05, 0) is 23.8 Å². The molecule has 0 aromatic heterocycles. The molecule has 102 valence electrons. The fraction of sp³-hybridized carbons (Fsp3) is 0.0667. The Morgan fingerprint density at radius 3 is 2.60 bits per heavy atom. The molecule has 0 saturated heterocycles. The van der Waals surface area contributed by atoms with Gasteiger partial charge in [-0.2, -0.15) is 5.10 Å². The van der Waals surface area contributed by atoms with Crippen LogP contribution in [0.3, 0.4) is 0 Å². The molecular formula is C15H12BrFN2O. The van der Waals surface area contributed by atoms with Crippen molar-refractivity contribution < 1.29 is 9.18 Å². The number of nitrogens with zero attached hydrogens (tertiary/aromatic N) is 1. The van der Waals surface area contributed by atoms with Crippen LogP contribution in [-0.2, 0) is 11.2 Å². The Kier molecular flexibility index (Phi) is 5.01. The largest absolute Gasteiger partial charge is 0.273 e. The highest BCUT2D eigenvalue weighted by Gasteiger charge is 2.02. The third kappa shape index (κ3) is 4.28. The minimum atomic E-state index is -0.376. The minimum Gasteiger partial charge on any atom is -0.273 e. The van der Waals surface area contributed by atoms with Gasteiger partial charge in [0.25, 0.3) is 0 Å². The van der Waals surface area contributed by atoms with E-state index in [-0.39, 0.29) is 18.1 Å². The van der Waals surface area contributed by atoms with Crippen molar-refractivity contribution >= 4 is 28.1 Å². The zero-order valence-electron chi connectivity index (χ0n) is 10.5. The highest BCUT2D eigenvalue weighted by atomic mass is 79.9. The molecule has 0 heterocycles. The van der Waals surface area contributed by atoms with E-state index in [1.165, 1.54) is 12.3 Å². The normalized spacial score (nSPS) is 10.7. The lowest BCUT2D eigenvalue weighted by molar-refractivity contribution is -0.120. The van der Waals surface area contributed by atoms with E-state index in [1.807, 2.05) is 24.3 Å². The van der Waals surface area contributed by atoms with E-state index in [2.05, 4.69) is 26.5 Å². The summed E-state index contributed by atoms with van der Waals surface area (Å²) in [6, 6.07) is 13.7. The fourth-order valence-electron chi connectivity index (χ4n) is 1.58. The molecule has 5 heteroatoms. The summed E-state index contributed by atoms with van der Waals surface area (Å²) < 4.78 is 14.2. The van der Waals surface area contributed by atoms with Crippen LogP contribution < -0.4 is 5.43 Å². The molecule has 0 aliphatic carbocycles. The van der Waals surface area contributed by atoms with Crippen LogP contribution in [0.15, 0.2) is 58.1 Å². The van der Waals surface area contributed by atoms with Crippen molar-refractivity contribution in [3.05, 3.63) is 69.9 Å². The van der Waals surface area contributed by atoms with Gasteiger partial charge in [-0.15, -0.1) is 0 Å². The summed E-state index contributed by atoms with van der Waals surface area (Å²) in [6.07, 6.45) is 1.51. The molecule has 0 fully saturated rings. The molecule has 2 rings (SSSR count). The lowest BCUT2D eigenvalue weighted by Gasteiger charge is -2.01. The predicted molar refractivity (Wildman–Crippen MR) is 80.0 cm³/mol. The quantitative estimate of drug-likeness (QED) is 0.676. The number of hydrogen-bond donors (Lipinski definition) is 1. The van der Waals surface area contributed by atoms with Crippen molar-refractivity contribution in [1.82, 2.24) is 5.43 Å². The molecule has 2 aromatic rings. The number of carbonyl (C=O) groups excluding carboxylic acids is 1. The Morgan fingerprint density at radius 2 is 1.90 bits per heavy atom. The molecule has 3 nitrogen and oxygen atoms in total. The SMILES string of the molecule is O=C(Cc1ccc(Br)cc1)N/N=C\c1ccccc1F. The predicted octanol–water partition coefficient (Wildman–Crippen LogP) is 3.28. The zero-order valence-corrected chi connectivity index (χ0v) is 12.1. The minimum absolute atomic E-state index is 0.224. The summed E-state index contributed by atoms with van der Waals surface area (Å²) in [4.78, 5) is 11.6. The molecule has 0 atom stereocenters. The van der Waals surface area contributed by atoms with Gasteiger partial charge >= 0.3 is 0 Å². The molecule has 1 amide bonds. The summed E-state index contributed by atoms with van der Waals surface area (Å²) >= 11 is 3.33. The van der Waals surface area contributed by atoms with Crippen LogP contribution in [0.2, 0.25) is 0 Å². The van der Waals surface area contributed by atoms with Gasteiger partial charge in [0, 0.05) is 10.0 Å². The molecule has 0 aliphatic rings. The summed E-state index contributed by atoms with van der Waals surface area (Å²) in [5, 5.41) is 3.74. The maximum absolute atomic E-state index is 13.3. The lowest BCUT2D eigenvalue weighted by atomic mass is 10.1. The van der Waals surface area contributed by atoms with Crippen molar-refractivity contribution in [3.63, 3.8) is 0 Å². The van der Waals surface area contributed by atoms with Crippen molar-refractivity contribution in [3.8, 4) is 0 Å². The van der Waals surface area contributed by atoms with Gasteiger partial charge in [0.15, 0.2) is 0 Å². The van der Waals surface area contributed by atoms with Gasteiger partial charge in [-0.3, -0.25) is 4.79 Å². The van der Waals surface area contributed by atoms with Crippen molar-refractivity contribution in [1.29, 1.82) is 0 Å². The molecule has 0 aliphatic heterocycles. The average molecular weight is 335 g/mol. The number of rotatable bonds is 4. The third-order valence-electron chi connectivity index (χ3n) is 2.58. The second kappa shape index (κ2) is 6.96. The van der Waals surface area contributed by atoms with Crippen molar-refractivity contribution in [2.24, 2.45) is 5.10 Å². The molecule has 0 bridgehead atoms. The lowest BCUT2D eigenvalue weighted by Crippen LogP contribution is -2.19. The Morgan fingerprint density at radius 1 is 1.20 bits per heavy atom. The van der Waals surface area contributed by atoms with E-state index in [9.17, 15) is 9.18 Å². The highest BCUT2D eigenvalue weighted by molar-refractivity contribution is 9.10. The monoisotopic (exact) mass is 334 g/mol. The number of carbonyl (C=O) groups is 1. The molecular weight excluding hydrogens is 323 g/mol. The van der Waals surface area contributed by atoms with Crippen molar-refractivity contribution in [2.75, 3.05) is 0 Å². The first-order valence-corrected chi connectivity index (χ1v) is 6.75. The van der Waals surface area contributed by atoms with Crippen LogP contribution in [0.4, 0.5) is 4.39 Å². The van der Waals surface area contributed by atoms with Gasteiger partial charge in [0.2, 0.25) is 5.91 Å². The summed E-state index contributed by atoms with van der Waals surface area (Å²) in [6.45, 7) is 0. The maximum atomic E-state index is 13.3. The first-order valence-electron chi connectivity index (χ1n) is 5.96. The van der Waals surface area contributed by atoms with E-state index in [1.54, 1.807) is 18.2 Å². The van der Waals surface area contributed by atoms with E-state index in [4.69, 9.17) is 0 Å². The third-order valence-corrected chi connectivity index (χ3v) is 3.10. The number of amides is 1. The molecule has 2 aromatic carbocycles. The summed E-state index contributed by atoms with van der Waals surface area (Å²) in [5.74, 6) is -0.627. The number of nitrogens with one attached hydrogen (secondary N) is 1. The maximum Gasteiger partial charge on any atom is 0.244 e. The van der Waals surface area contributed by atoms with Gasteiger partial charge < -0.3 is 0 Å². The van der Waals surface area contributed by atoms with Gasteiger partial charge in [-0.1, -0.05) is 46.3 Å². The van der Waals surface area contributed by atoms with E-state index in [0.29, 0.717) is 5.56 Å². The van der Waals surface area contributed by atoms with Gasteiger partial charge in [0.1, 0.15) is 5.82 Å². The highest BCUT2D eigenvalue weighted by Crippen LogP contribution is 2.10. The molecule has 0 spiro atoms. The van der Waals surface area contributed by atoms with Crippen LogP contribution in [0.5, 0.6) is 0 Å². The van der Waals surface area contributed by atoms with E-state index >= 15 is 0 Å². The Balaban J connectivity index is 1.89. The van der Waals surface area contributed by atoms with Crippen LogP contribution >= 0.6 is 15.9 Å². The van der Waals surface area contributed by atoms with Crippen LogP contribution in [0, 0.1) is 5.82 Å². The second-order valence-electron chi connectivity index (χ2n) is 4.12. The standard InChI is InChI=1S/C15H12BrFN2O/c16-13-7-5-11(6-8-13)9-15(20)19-18-10-12-3-1-2-4-14(12)17/h1-8,10H,9H2,(H,19,20)/b18-10-. The van der Waals surface area contributed by atoms with Crippen molar-refractivity contribution in [2.45, 2.75) is 6.42 Å². The molecule has 1 N–H and O–H groups in total. The Labute approximate surface area is 124 Å². The van der Waals surface area contributed by atoms with Crippen LogP contribution in [0.1, 0.15) is 11.1 Å². The zero-order chi connectivity index (χ0) is 14.4. The summed E-state index contributed by atoms with van der Waals surface area (Å²) in [7, 11) is 0. The molecule has 20 heavy (non-hydrogen) atoms. The number of benzene rings is 2. The van der Waals surface area contributed by atoms with E-state index in [0.717, 1.165) is 10.0 Å². The van der Waals surface area contributed by atoms with Crippen LogP contribution in [0.25, 0.3) is 0 Å². The fourth-order valence-corrected chi connectivity index (χ4v) is 1.85. The van der Waals surface area contributed by atoms with Gasteiger partial charge in [-0.25, -0.2) is 9.82 Å². The first-order chi connectivity index (χ1) is 9.65. The Bertz CT molecular complexity index is 626. The van der Waals surface area contributed by atoms with Gasteiger partial charge in [0.05, 0.1) is 12.6 Å². The molecule has 0 radical (unpaired) electrons. The summed E-state index contributed by atoms with van der Waals surface area (Å²) in [5.41, 5.74) is 3.58. The average Bonchev–Trinajstić information content (AvgIpc) is 2.43. The smallest absolute Gasteiger partial charge is 0.244 e. The molecule has 0 unspecified atom stereocenters. The second-order valence-corrected chi connectivity index (χ2v) is 5.03. The first kappa shape index (κ1) is 14.4. The topological polar surface area (TPSA) is 41.5 Å². The van der Waals surface area contributed by atoms with Crippen LogP contribution in [-0.4, -0.2) is 12.1 Å².